The van der Waals surface area contributed by atoms with Crippen LogP contribution in [0.1, 0.15) is 37.3 Å². The lowest BCUT2D eigenvalue weighted by molar-refractivity contribution is 0.174. The Kier molecular flexibility index (Phi) is 5.21. The Morgan fingerprint density at radius 1 is 1.17 bits per heavy atom. The third kappa shape index (κ3) is 3.56. The summed E-state index contributed by atoms with van der Waals surface area (Å²) >= 11 is 0. The molecule has 1 fully saturated rings. The number of hydrogen-bond donors (Lipinski definition) is 1. The smallest absolute Gasteiger partial charge is 0.0236 e. The molecule has 0 aromatic heterocycles. The first kappa shape index (κ1) is 13.6. The van der Waals surface area contributed by atoms with Crippen molar-refractivity contribution in [3.63, 3.8) is 0 Å². The summed E-state index contributed by atoms with van der Waals surface area (Å²) in [4.78, 5) is 2.61. The Balaban J connectivity index is 1.93. The molecule has 1 aromatic carbocycles. The van der Waals surface area contributed by atoms with E-state index in [0.29, 0.717) is 0 Å². The van der Waals surface area contributed by atoms with Crippen LogP contribution in [0, 0.1) is 5.92 Å². The zero-order valence-corrected chi connectivity index (χ0v) is 11.8. The van der Waals surface area contributed by atoms with E-state index in [4.69, 9.17) is 0 Å². The molecule has 0 saturated carbocycles. The van der Waals surface area contributed by atoms with E-state index in [1.807, 2.05) is 7.05 Å². The molecule has 1 aromatic rings. The molecule has 2 nitrogen and oxygen atoms in total. The van der Waals surface area contributed by atoms with Crippen LogP contribution >= 0.6 is 0 Å². The van der Waals surface area contributed by atoms with Crippen molar-refractivity contribution >= 4 is 0 Å². The second-order valence-corrected chi connectivity index (χ2v) is 5.43. The summed E-state index contributed by atoms with van der Waals surface area (Å²) in [6.45, 7) is 6.96. The highest BCUT2D eigenvalue weighted by molar-refractivity contribution is 5.27. The Hall–Kier alpha value is -0.860. The maximum Gasteiger partial charge on any atom is 0.0236 e. The standard InChI is InChI=1S/C16H26N2/c1-3-14-8-10-18(11-9-14)13-16-7-5-4-6-15(16)12-17-2/h4-7,14,17H,3,8-13H2,1-2H3. The first-order valence-corrected chi connectivity index (χ1v) is 7.27. The lowest BCUT2D eigenvalue weighted by Gasteiger charge is -2.32. The quantitative estimate of drug-likeness (QED) is 0.859. The monoisotopic (exact) mass is 246 g/mol. The molecule has 18 heavy (non-hydrogen) atoms. The SMILES string of the molecule is CCC1CCN(Cc2ccccc2CNC)CC1. The number of piperidine rings is 1. The van der Waals surface area contributed by atoms with Crippen LogP contribution in [0.15, 0.2) is 24.3 Å². The lowest BCUT2D eigenvalue weighted by Crippen LogP contribution is -2.33. The molecule has 2 rings (SSSR count). The summed E-state index contributed by atoms with van der Waals surface area (Å²) in [7, 11) is 2.02. The van der Waals surface area contributed by atoms with Crippen molar-refractivity contribution in [1.82, 2.24) is 10.2 Å². The van der Waals surface area contributed by atoms with E-state index in [1.54, 1.807) is 0 Å². The molecule has 0 spiro atoms. The van der Waals surface area contributed by atoms with E-state index in [1.165, 1.54) is 43.5 Å². The summed E-state index contributed by atoms with van der Waals surface area (Å²) in [5.74, 6) is 0.966. The van der Waals surface area contributed by atoms with Gasteiger partial charge in [-0.05, 0) is 50.0 Å². The summed E-state index contributed by atoms with van der Waals surface area (Å²) < 4.78 is 0. The Morgan fingerprint density at radius 3 is 2.44 bits per heavy atom. The molecular weight excluding hydrogens is 220 g/mol. The van der Waals surface area contributed by atoms with Crippen LogP contribution in [0.4, 0.5) is 0 Å². The van der Waals surface area contributed by atoms with Crippen LogP contribution in [0.25, 0.3) is 0 Å². The summed E-state index contributed by atoms with van der Waals surface area (Å²) in [6, 6.07) is 8.82. The molecule has 100 valence electrons. The van der Waals surface area contributed by atoms with E-state index >= 15 is 0 Å². The van der Waals surface area contributed by atoms with Gasteiger partial charge in [-0.25, -0.2) is 0 Å². The number of nitrogens with zero attached hydrogens (tertiary/aromatic N) is 1. The molecule has 0 aliphatic carbocycles. The van der Waals surface area contributed by atoms with Crippen LogP contribution in [-0.2, 0) is 13.1 Å². The molecular formula is C16H26N2. The van der Waals surface area contributed by atoms with Gasteiger partial charge in [0.1, 0.15) is 0 Å². The van der Waals surface area contributed by atoms with Crippen LogP contribution < -0.4 is 5.32 Å². The number of likely N-dealkylation sites (tertiary alicyclic amines) is 1. The van der Waals surface area contributed by atoms with E-state index in [9.17, 15) is 0 Å². The molecule has 1 heterocycles. The molecule has 0 amide bonds. The summed E-state index contributed by atoms with van der Waals surface area (Å²) in [6.07, 6.45) is 4.11. The Labute approximate surface area is 111 Å². The molecule has 1 saturated heterocycles. The lowest BCUT2D eigenvalue weighted by atomic mass is 9.94. The maximum atomic E-state index is 3.26. The van der Waals surface area contributed by atoms with E-state index in [0.717, 1.165) is 19.0 Å². The maximum absolute atomic E-state index is 3.26. The summed E-state index contributed by atoms with van der Waals surface area (Å²) in [5, 5.41) is 3.26. The average Bonchev–Trinajstić information content (AvgIpc) is 2.42. The van der Waals surface area contributed by atoms with Crippen LogP contribution in [-0.4, -0.2) is 25.0 Å². The van der Waals surface area contributed by atoms with Crippen LogP contribution in [0.2, 0.25) is 0 Å². The van der Waals surface area contributed by atoms with E-state index < -0.39 is 0 Å². The third-order valence-electron chi connectivity index (χ3n) is 4.16. The average molecular weight is 246 g/mol. The fraction of sp³-hybridized carbons (Fsp3) is 0.625. The van der Waals surface area contributed by atoms with Crippen molar-refractivity contribution in [2.45, 2.75) is 39.3 Å². The zero-order valence-electron chi connectivity index (χ0n) is 11.8. The van der Waals surface area contributed by atoms with Gasteiger partial charge in [0.05, 0.1) is 0 Å². The number of hydrogen-bond acceptors (Lipinski definition) is 2. The van der Waals surface area contributed by atoms with Gasteiger partial charge in [0.15, 0.2) is 0 Å². The summed E-state index contributed by atoms with van der Waals surface area (Å²) in [5.41, 5.74) is 2.93. The predicted octanol–water partition coefficient (Wildman–Crippen LogP) is 3.03. The van der Waals surface area contributed by atoms with Gasteiger partial charge in [-0.3, -0.25) is 4.90 Å². The largest absolute Gasteiger partial charge is 0.316 e. The highest BCUT2D eigenvalue weighted by Gasteiger charge is 2.18. The van der Waals surface area contributed by atoms with E-state index in [2.05, 4.69) is 41.4 Å². The highest BCUT2D eigenvalue weighted by atomic mass is 15.1. The normalized spacial score (nSPS) is 18.1. The molecule has 0 atom stereocenters. The van der Waals surface area contributed by atoms with Gasteiger partial charge < -0.3 is 5.32 Å². The minimum atomic E-state index is 0.966. The van der Waals surface area contributed by atoms with Crippen molar-refractivity contribution < 1.29 is 0 Å². The van der Waals surface area contributed by atoms with Crippen molar-refractivity contribution in [3.05, 3.63) is 35.4 Å². The molecule has 1 aliphatic heterocycles. The van der Waals surface area contributed by atoms with Crippen molar-refractivity contribution in [2.75, 3.05) is 20.1 Å². The second-order valence-electron chi connectivity index (χ2n) is 5.43. The Morgan fingerprint density at radius 2 is 1.83 bits per heavy atom. The number of nitrogens with one attached hydrogen (secondary N) is 1. The first-order chi connectivity index (χ1) is 8.83. The molecule has 1 aliphatic rings. The van der Waals surface area contributed by atoms with Crippen LogP contribution in [0.5, 0.6) is 0 Å². The topological polar surface area (TPSA) is 15.3 Å². The third-order valence-corrected chi connectivity index (χ3v) is 4.16. The van der Waals surface area contributed by atoms with Crippen LogP contribution in [0.3, 0.4) is 0 Å². The minimum absolute atomic E-state index is 0.966. The minimum Gasteiger partial charge on any atom is -0.316 e. The predicted molar refractivity (Wildman–Crippen MR) is 77.5 cm³/mol. The van der Waals surface area contributed by atoms with Gasteiger partial charge in [0.2, 0.25) is 0 Å². The van der Waals surface area contributed by atoms with Gasteiger partial charge in [-0.2, -0.15) is 0 Å². The molecule has 0 bridgehead atoms. The second kappa shape index (κ2) is 6.91. The first-order valence-electron chi connectivity index (χ1n) is 7.27. The highest BCUT2D eigenvalue weighted by Crippen LogP contribution is 2.22. The van der Waals surface area contributed by atoms with Gasteiger partial charge in [0, 0.05) is 13.1 Å². The number of benzene rings is 1. The van der Waals surface area contributed by atoms with Gasteiger partial charge in [0.25, 0.3) is 0 Å². The zero-order chi connectivity index (χ0) is 12.8. The Bertz CT molecular complexity index is 354. The fourth-order valence-corrected chi connectivity index (χ4v) is 2.87. The van der Waals surface area contributed by atoms with Gasteiger partial charge in [-0.15, -0.1) is 0 Å². The fourth-order valence-electron chi connectivity index (χ4n) is 2.87. The number of rotatable bonds is 5. The van der Waals surface area contributed by atoms with Crippen molar-refractivity contribution in [3.8, 4) is 0 Å². The van der Waals surface area contributed by atoms with Crippen molar-refractivity contribution in [2.24, 2.45) is 5.92 Å². The van der Waals surface area contributed by atoms with Gasteiger partial charge >= 0.3 is 0 Å². The molecule has 2 heteroatoms. The molecule has 0 unspecified atom stereocenters. The van der Waals surface area contributed by atoms with Crippen molar-refractivity contribution in [1.29, 1.82) is 0 Å². The molecule has 0 radical (unpaired) electrons. The molecule has 1 N–H and O–H groups in total. The van der Waals surface area contributed by atoms with Gasteiger partial charge in [-0.1, -0.05) is 37.6 Å². The van der Waals surface area contributed by atoms with E-state index in [-0.39, 0.29) is 0 Å².